The molecule has 2 N–H and O–H groups in total. The number of urea groups is 1. The fraction of sp³-hybridized carbons (Fsp3) is 0.429. The third-order valence-electron chi connectivity index (χ3n) is 3.09. The number of hydrogen-bond acceptors (Lipinski definition) is 2. The molecule has 0 radical (unpaired) electrons. The second-order valence-corrected chi connectivity index (χ2v) is 4.81. The van der Waals surface area contributed by atoms with Crippen molar-refractivity contribution in [2.45, 2.75) is 32.6 Å². The summed E-state index contributed by atoms with van der Waals surface area (Å²) in [6.45, 7) is 2.22. The van der Waals surface area contributed by atoms with Crippen molar-refractivity contribution in [3.8, 4) is 0 Å². The first kappa shape index (κ1) is 12.6. The summed E-state index contributed by atoms with van der Waals surface area (Å²) >= 11 is 0. The molecule has 18 heavy (non-hydrogen) atoms. The predicted octanol–water partition coefficient (Wildman–Crippen LogP) is 3.37. The van der Waals surface area contributed by atoms with Crippen LogP contribution in [0.5, 0.6) is 0 Å². The largest absolute Gasteiger partial charge is 0.339 e. The van der Waals surface area contributed by atoms with E-state index in [1.165, 1.54) is 12.8 Å². The number of hydrazone groups is 1. The fourth-order valence-corrected chi connectivity index (χ4v) is 2.17. The summed E-state index contributed by atoms with van der Waals surface area (Å²) in [5, 5.41) is 6.92. The van der Waals surface area contributed by atoms with Crippen LogP contribution in [0.25, 0.3) is 0 Å². The molecule has 1 fully saturated rings. The summed E-state index contributed by atoms with van der Waals surface area (Å²) in [6, 6.07) is 9.07. The van der Waals surface area contributed by atoms with Crippen LogP contribution in [0.15, 0.2) is 35.4 Å². The van der Waals surface area contributed by atoms with E-state index in [-0.39, 0.29) is 6.03 Å². The Morgan fingerprint density at radius 3 is 2.83 bits per heavy atom. The monoisotopic (exact) mass is 245 g/mol. The Morgan fingerprint density at radius 2 is 2.11 bits per heavy atom. The molecule has 2 rings (SSSR count). The first-order valence-corrected chi connectivity index (χ1v) is 6.41. The molecule has 1 saturated carbocycles. The van der Waals surface area contributed by atoms with E-state index in [0.717, 1.165) is 24.2 Å². The molecule has 1 aromatic carbocycles. The molecular formula is C14H19N3O. The lowest BCUT2D eigenvalue weighted by molar-refractivity contribution is 0.252. The van der Waals surface area contributed by atoms with Crippen LogP contribution in [0, 0.1) is 5.92 Å². The van der Waals surface area contributed by atoms with Crippen molar-refractivity contribution in [2.75, 3.05) is 5.32 Å². The molecule has 96 valence electrons. The molecule has 4 nitrogen and oxygen atoms in total. The molecule has 2 amide bonds. The van der Waals surface area contributed by atoms with Gasteiger partial charge in [-0.25, -0.2) is 10.2 Å². The first-order valence-electron chi connectivity index (χ1n) is 6.41. The van der Waals surface area contributed by atoms with Crippen LogP contribution in [0.3, 0.4) is 0 Å². The number of hydrogen-bond donors (Lipinski definition) is 2. The molecule has 0 bridgehead atoms. The summed E-state index contributed by atoms with van der Waals surface area (Å²) in [4.78, 5) is 11.6. The highest BCUT2D eigenvalue weighted by molar-refractivity contribution is 5.91. The zero-order chi connectivity index (χ0) is 12.8. The van der Waals surface area contributed by atoms with Crippen LogP contribution >= 0.6 is 0 Å². The van der Waals surface area contributed by atoms with Crippen molar-refractivity contribution < 1.29 is 4.79 Å². The molecule has 0 heterocycles. The van der Waals surface area contributed by atoms with E-state index in [1.54, 1.807) is 0 Å². The molecule has 1 aliphatic rings. The molecule has 4 heteroatoms. The van der Waals surface area contributed by atoms with Gasteiger partial charge >= 0.3 is 6.03 Å². The van der Waals surface area contributed by atoms with Crippen LogP contribution in [0.2, 0.25) is 0 Å². The van der Waals surface area contributed by atoms with Gasteiger partial charge in [-0.05, 0) is 43.7 Å². The summed E-state index contributed by atoms with van der Waals surface area (Å²) in [6.07, 6.45) is 4.42. The Labute approximate surface area is 107 Å². The summed E-state index contributed by atoms with van der Waals surface area (Å²) < 4.78 is 0. The second kappa shape index (κ2) is 6.19. The Morgan fingerprint density at radius 1 is 1.33 bits per heavy atom. The smallest absolute Gasteiger partial charge is 0.307 e. The van der Waals surface area contributed by atoms with Crippen molar-refractivity contribution in [3.63, 3.8) is 0 Å². The maximum Gasteiger partial charge on any atom is 0.339 e. The minimum absolute atomic E-state index is 0.285. The third-order valence-corrected chi connectivity index (χ3v) is 3.09. The number of benzene rings is 1. The lowest BCUT2D eigenvalue weighted by atomic mass is 9.89. The second-order valence-electron chi connectivity index (χ2n) is 4.81. The van der Waals surface area contributed by atoms with E-state index in [0.29, 0.717) is 5.92 Å². The number of amides is 2. The zero-order valence-electron chi connectivity index (χ0n) is 10.6. The Kier molecular flexibility index (Phi) is 4.34. The van der Waals surface area contributed by atoms with Gasteiger partial charge in [0.15, 0.2) is 0 Å². The Balaban J connectivity index is 1.83. The average Bonchev–Trinajstić information content (AvgIpc) is 2.38. The molecule has 0 spiro atoms. The standard InChI is InChI=1S/C14H19N3O/c1-11-6-5-9-13(10-11)16-17-14(18)15-12-7-3-2-4-8-12/h2-4,7-8,11H,5-6,9-10H2,1H3,(H2,15,17,18)/b16-13+/t11-/m1/s1. The average molecular weight is 245 g/mol. The van der Waals surface area contributed by atoms with E-state index >= 15 is 0 Å². The van der Waals surface area contributed by atoms with Gasteiger partial charge in [0.05, 0.1) is 0 Å². The summed E-state index contributed by atoms with van der Waals surface area (Å²) in [7, 11) is 0. The highest BCUT2D eigenvalue weighted by Gasteiger charge is 2.14. The lowest BCUT2D eigenvalue weighted by Crippen LogP contribution is -2.26. The number of nitrogens with zero attached hydrogens (tertiary/aromatic N) is 1. The van der Waals surface area contributed by atoms with E-state index in [4.69, 9.17) is 0 Å². The van der Waals surface area contributed by atoms with Crippen LogP contribution in [-0.4, -0.2) is 11.7 Å². The quantitative estimate of drug-likeness (QED) is 0.771. The van der Waals surface area contributed by atoms with Crippen molar-refractivity contribution in [1.82, 2.24) is 5.43 Å². The van der Waals surface area contributed by atoms with Gasteiger partial charge in [-0.2, -0.15) is 5.10 Å². The minimum atomic E-state index is -0.285. The van der Waals surface area contributed by atoms with E-state index in [1.807, 2.05) is 30.3 Å². The maximum absolute atomic E-state index is 11.6. The van der Waals surface area contributed by atoms with Gasteiger partial charge in [0, 0.05) is 11.4 Å². The third kappa shape index (κ3) is 3.87. The predicted molar refractivity (Wildman–Crippen MR) is 73.7 cm³/mol. The molecule has 1 aliphatic carbocycles. The summed E-state index contributed by atoms with van der Waals surface area (Å²) in [5.74, 6) is 0.677. The van der Waals surface area contributed by atoms with Crippen LogP contribution < -0.4 is 10.7 Å². The molecule has 0 saturated heterocycles. The van der Waals surface area contributed by atoms with Gasteiger partial charge in [0.2, 0.25) is 0 Å². The zero-order valence-corrected chi connectivity index (χ0v) is 10.6. The molecular weight excluding hydrogens is 226 g/mol. The van der Waals surface area contributed by atoms with Gasteiger partial charge in [0.1, 0.15) is 0 Å². The Bertz CT molecular complexity index is 428. The normalized spacial score (nSPS) is 21.6. The van der Waals surface area contributed by atoms with Gasteiger partial charge in [0.25, 0.3) is 0 Å². The van der Waals surface area contributed by atoms with Gasteiger partial charge in [-0.15, -0.1) is 0 Å². The van der Waals surface area contributed by atoms with E-state index < -0.39 is 0 Å². The van der Waals surface area contributed by atoms with Crippen molar-refractivity contribution in [3.05, 3.63) is 30.3 Å². The highest BCUT2D eigenvalue weighted by Crippen LogP contribution is 2.20. The van der Waals surface area contributed by atoms with Gasteiger partial charge in [-0.3, -0.25) is 0 Å². The number of carbonyl (C=O) groups is 1. The lowest BCUT2D eigenvalue weighted by Gasteiger charge is -2.18. The van der Waals surface area contributed by atoms with Crippen LogP contribution in [-0.2, 0) is 0 Å². The summed E-state index contributed by atoms with van der Waals surface area (Å²) in [5.41, 5.74) is 4.42. The van der Waals surface area contributed by atoms with E-state index in [9.17, 15) is 4.79 Å². The minimum Gasteiger partial charge on any atom is -0.307 e. The maximum atomic E-state index is 11.6. The highest BCUT2D eigenvalue weighted by atomic mass is 16.2. The SMILES string of the molecule is C[C@@H]1CCC/C(=N\NC(=O)Nc2ccccc2)C1. The number of para-hydroxylation sites is 1. The number of carbonyl (C=O) groups excluding carboxylic acids is 1. The van der Waals surface area contributed by atoms with Crippen LogP contribution in [0.4, 0.5) is 10.5 Å². The Hall–Kier alpha value is -1.84. The van der Waals surface area contributed by atoms with Crippen molar-refractivity contribution in [1.29, 1.82) is 0 Å². The molecule has 1 aromatic rings. The molecule has 0 unspecified atom stereocenters. The number of anilines is 1. The fourth-order valence-electron chi connectivity index (χ4n) is 2.17. The first-order chi connectivity index (χ1) is 8.74. The molecule has 0 aliphatic heterocycles. The van der Waals surface area contributed by atoms with Crippen molar-refractivity contribution in [2.24, 2.45) is 11.0 Å². The van der Waals surface area contributed by atoms with Crippen molar-refractivity contribution >= 4 is 17.4 Å². The van der Waals surface area contributed by atoms with E-state index in [2.05, 4.69) is 22.8 Å². The van der Waals surface area contributed by atoms with Gasteiger partial charge in [-0.1, -0.05) is 25.1 Å². The number of rotatable bonds is 2. The van der Waals surface area contributed by atoms with Crippen LogP contribution in [0.1, 0.15) is 32.6 Å². The number of nitrogens with one attached hydrogen (secondary N) is 2. The molecule has 1 atom stereocenters. The van der Waals surface area contributed by atoms with Gasteiger partial charge < -0.3 is 5.32 Å². The topological polar surface area (TPSA) is 53.5 Å². The molecule has 0 aromatic heterocycles.